The summed E-state index contributed by atoms with van der Waals surface area (Å²) in [6.45, 7) is 1.00. The van der Waals surface area contributed by atoms with E-state index in [1.54, 1.807) is 23.1 Å². The molecule has 1 heterocycles. The molecule has 2 atom stereocenters. The molecule has 1 aromatic carbocycles. The number of nitrogens with zero attached hydrogens (tertiary/aromatic N) is 1. The predicted molar refractivity (Wildman–Crippen MR) is 65.1 cm³/mol. The van der Waals surface area contributed by atoms with Gasteiger partial charge in [0.25, 0.3) is 0 Å². The van der Waals surface area contributed by atoms with Gasteiger partial charge in [-0.2, -0.15) is 0 Å². The molecular weight excluding hydrogens is 236 g/mol. The fourth-order valence-electron chi connectivity index (χ4n) is 2.23. The first kappa shape index (κ1) is 12.8. The van der Waals surface area contributed by atoms with Crippen molar-refractivity contribution in [3.05, 3.63) is 29.3 Å². The lowest BCUT2D eigenvalue weighted by molar-refractivity contribution is 0.0572. The molecule has 2 unspecified atom stereocenters. The number of aliphatic hydroxyl groups is 2. The number of benzene rings is 1. The standard InChI is InChI=1S/C12H16N2O4/c13-8-3-1-2-7(11(8)12(17)18)4-14-5-9(15)10(16)6-14/h1-3,9-10,15-16H,4-6,13H2,(H,17,18). The summed E-state index contributed by atoms with van der Waals surface area (Å²) in [5.74, 6) is -1.07. The molecule has 0 amide bonds. The Labute approximate surface area is 104 Å². The molecule has 5 N–H and O–H groups in total. The minimum Gasteiger partial charge on any atom is -0.478 e. The number of carboxylic acids is 1. The Morgan fingerprint density at radius 1 is 1.33 bits per heavy atom. The Bertz CT molecular complexity index is 453. The molecule has 6 heteroatoms. The molecule has 18 heavy (non-hydrogen) atoms. The van der Waals surface area contributed by atoms with Crippen LogP contribution >= 0.6 is 0 Å². The van der Waals surface area contributed by atoms with Crippen molar-refractivity contribution in [3.63, 3.8) is 0 Å². The minimum atomic E-state index is -1.07. The number of rotatable bonds is 3. The molecule has 0 saturated carbocycles. The summed E-state index contributed by atoms with van der Waals surface area (Å²) in [5, 5.41) is 28.0. The largest absolute Gasteiger partial charge is 0.478 e. The minimum absolute atomic E-state index is 0.0911. The number of hydrogen-bond acceptors (Lipinski definition) is 5. The highest BCUT2D eigenvalue weighted by Gasteiger charge is 2.30. The fourth-order valence-corrected chi connectivity index (χ4v) is 2.23. The van der Waals surface area contributed by atoms with Gasteiger partial charge in [0.05, 0.1) is 17.8 Å². The van der Waals surface area contributed by atoms with Crippen LogP contribution in [0.5, 0.6) is 0 Å². The van der Waals surface area contributed by atoms with Crippen molar-refractivity contribution >= 4 is 11.7 Å². The third-order valence-corrected chi connectivity index (χ3v) is 3.13. The average Bonchev–Trinajstić information content (AvgIpc) is 2.57. The smallest absolute Gasteiger partial charge is 0.338 e. The SMILES string of the molecule is Nc1cccc(CN2CC(O)C(O)C2)c1C(=O)O. The first-order valence-corrected chi connectivity index (χ1v) is 5.68. The van der Waals surface area contributed by atoms with Gasteiger partial charge in [-0.15, -0.1) is 0 Å². The van der Waals surface area contributed by atoms with Crippen LogP contribution in [0.25, 0.3) is 0 Å². The highest BCUT2D eigenvalue weighted by molar-refractivity contribution is 5.95. The van der Waals surface area contributed by atoms with Crippen molar-refractivity contribution in [2.75, 3.05) is 18.8 Å². The van der Waals surface area contributed by atoms with E-state index in [9.17, 15) is 15.0 Å². The molecule has 1 aliphatic rings. The number of aliphatic hydroxyl groups excluding tert-OH is 2. The maximum absolute atomic E-state index is 11.1. The van der Waals surface area contributed by atoms with E-state index in [4.69, 9.17) is 10.8 Å². The average molecular weight is 252 g/mol. The van der Waals surface area contributed by atoms with Crippen molar-refractivity contribution in [2.24, 2.45) is 0 Å². The molecule has 6 nitrogen and oxygen atoms in total. The van der Waals surface area contributed by atoms with E-state index in [0.29, 0.717) is 25.2 Å². The van der Waals surface area contributed by atoms with Crippen LogP contribution in [0, 0.1) is 0 Å². The van der Waals surface area contributed by atoms with E-state index in [-0.39, 0.29) is 11.3 Å². The van der Waals surface area contributed by atoms with Crippen LogP contribution in [0.4, 0.5) is 5.69 Å². The van der Waals surface area contributed by atoms with Crippen LogP contribution in [0.2, 0.25) is 0 Å². The summed E-state index contributed by atoms with van der Waals surface area (Å²) >= 11 is 0. The molecule has 0 aromatic heterocycles. The molecule has 0 bridgehead atoms. The van der Waals surface area contributed by atoms with Crippen LogP contribution in [0.3, 0.4) is 0 Å². The molecule has 1 saturated heterocycles. The Balaban J connectivity index is 2.20. The monoisotopic (exact) mass is 252 g/mol. The van der Waals surface area contributed by atoms with Gasteiger partial charge in [0.15, 0.2) is 0 Å². The summed E-state index contributed by atoms with van der Waals surface area (Å²) in [6, 6.07) is 4.93. The molecule has 1 aliphatic heterocycles. The molecule has 1 aromatic rings. The maximum atomic E-state index is 11.1. The van der Waals surface area contributed by atoms with Crippen molar-refractivity contribution in [2.45, 2.75) is 18.8 Å². The van der Waals surface area contributed by atoms with E-state index < -0.39 is 18.2 Å². The summed E-state index contributed by atoms with van der Waals surface area (Å²) in [5.41, 5.74) is 6.55. The molecule has 98 valence electrons. The number of carbonyl (C=O) groups is 1. The van der Waals surface area contributed by atoms with Gasteiger partial charge in [-0.25, -0.2) is 4.79 Å². The summed E-state index contributed by atoms with van der Waals surface area (Å²) in [4.78, 5) is 12.9. The lowest BCUT2D eigenvalue weighted by Gasteiger charge is -2.17. The van der Waals surface area contributed by atoms with E-state index in [0.717, 1.165) is 0 Å². The number of carboxylic acid groups (broad SMARTS) is 1. The van der Waals surface area contributed by atoms with Crippen molar-refractivity contribution in [1.82, 2.24) is 4.90 Å². The number of aromatic carboxylic acids is 1. The van der Waals surface area contributed by atoms with Crippen molar-refractivity contribution < 1.29 is 20.1 Å². The zero-order chi connectivity index (χ0) is 13.3. The number of β-amino-alcohol motifs (C(OH)–C–C–N with tert-alkyl or cyclic N) is 2. The van der Waals surface area contributed by atoms with Gasteiger partial charge in [0.2, 0.25) is 0 Å². The third-order valence-electron chi connectivity index (χ3n) is 3.13. The fraction of sp³-hybridized carbons (Fsp3) is 0.417. The Morgan fingerprint density at radius 3 is 2.50 bits per heavy atom. The number of likely N-dealkylation sites (tertiary alicyclic amines) is 1. The number of hydrogen-bond donors (Lipinski definition) is 4. The first-order valence-electron chi connectivity index (χ1n) is 5.68. The number of nitrogens with two attached hydrogens (primary N) is 1. The van der Waals surface area contributed by atoms with E-state index in [1.165, 1.54) is 0 Å². The third kappa shape index (κ3) is 2.45. The number of anilines is 1. The zero-order valence-corrected chi connectivity index (χ0v) is 9.78. The summed E-state index contributed by atoms with van der Waals surface area (Å²) < 4.78 is 0. The lowest BCUT2D eigenvalue weighted by atomic mass is 10.1. The second kappa shape index (κ2) is 4.93. The summed E-state index contributed by atoms with van der Waals surface area (Å²) in [7, 11) is 0. The van der Waals surface area contributed by atoms with Gasteiger partial charge in [0, 0.05) is 25.3 Å². The van der Waals surface area contributed by atoms with Crippen LogP contribution in [0.15, 0.2) is 18.2 Å². The number of nitrogen functional groups attached to an aromatic ring is 1. The molecule has 0 radical (unpaired) electrons. The predicted octanol–water partition coefficient (Wildman–Crippen LogP) is -0.496. The Morgan fingerprint density at radius 2 is 1.94 bits per heavy atom. The van der Waals surface area contributed by atoms with Crippen LogP contribution < -0.4 is 5.73 Å². The van der Waals surface area contributed by atoms with E-state index >= 15 is 0 Å². The van der Waals surface area contributed by atoms with Gasteiger partial charge in [-0.1, -0.05) is 12.1 Å². The Kier molecular flexibility index (Phi) is 3.51. The van der Waals surface area contributed by atoms with Gasteiger partial charge in [-0.05, 0) is 11.6 Å². The summed E-state index contributed by atoms with van der Waals surface area (Å²) in [6.07, 6.45) is -1.56. The van der Waals surface area contributed by atoms with Gasteiger partial charge >= 0.3 is 5.97 Å². The first-order chi connectivity index (χ1) is 8.49. The molecular formula is C12H16N2O4. The highest BCUT2D eigenvalue weighted by Crippen LogP contribution is 2.21. The Hall–Kier alpha value is -1.63. The van der Waals surface area contributed by atoms with Crippen molar-refractivity contribution in [1.29, 1.82) is 0 Å². The van der Waals surface area contributed by atoms with Gasteiger partial charge < -0.3 is 21.1 Å². The second-order valence-electron chi connectivity index (χ2n) is 4.52. The maximum Gasteiger partial charge on any atom is 0.338 e. The zero-order valence-electron chi connectivity index (χ0n) is 9.78. The highest BCUT2D eigenvalue weighted by atomic mass is 16.4. The molecule has 2 rings (SSSR count). The topological polar surface area (TPSA) is 107 Å². The van der Waals surface area contributed by atoms with E-state index in [1.807, 2.05) is 0 Å². The van der Waals surface area contributed by atoms with Gasteiger partial charge in [-0.3, -0.25) is 4.90 Å². The van der Waals surface area contributed by atoms with E-state index in [2.05, 4.69) is 0 Å². The molecule has 1 fully saturated rings. The quantitative estimate of drug-likeness (QED) is 0.540. The van der Waals surface area contributed by atoms with Crippen molar-refractivity contribution in [3.8, 4) is 0 Å². The van der Waals surface area contributed by atoms with Crippen LogP contribution in [-0.2, 0) is 6.54 Å². The molecule has 0 spiro atoms. The van der Waals surface area contributed by atoms with Crippen LogP contribution in [-0.4, -0.2) is 51.5 Å². The molecule has 0 aliphatic carbocycles. The normalized spacial score (nSPS) is 24.3. The lowest BCUT2D eigenvalue weighted by Crippen LogP contribution is -2.23. The second-order valence-corrected chi connectivity index (χ2v) is 4.52. The van der Waals surface area contributed by atoms with Crippen LogP contribution in [0.1, 0.15) is 15.9 Å². The van der Waals surface area contributed by atoms with Gasteiger partial charge in [0.1, 0.15) is 0 Å².